The Labute approximate surface area is 157 Å². The molecular weight excluding hydrogens is 348 g/mol. The number of hydrogen-bond donors (Lipinski definition) is 2. The molecule has 136 valence electrons. The lowest BCUT2D eigenvalue weighted by Gasteiger charge is -2.09. The van der Waals surface area contributed by atoms with Crippen molar-refractivity contribution in [2.24, 2.45) is 5.92 Å². The molecule has 0 aromatic heterocycles. The van der Waals surface area contributed by atoms with Crippen LogP contribution in [0.5, 0.6) is 5.75 Å². The fourth-order valence-electron chi connectivity index (χ4n) is 2.41. The molecule has 0 bridgehead atoms. The molecule has 6 heteroatoms. The van der Waals surface area contributed by atoms with Crippen molar-refractivity contribution in [3.8, 4) is 5.75 Å². The number of carbonyl (C=O) groups excluding carboxylic acids is 2. The number of rotatable bonds is 8. The van der Waals surface area contributed by atoms with Crippen LogP contribution in [0.3, 0.4) is 0 Å². The van der Waals surface area contributed by atoms with Gasteiger partial charge in [-0.2, -0.15) is 0 Å². The molecule has 26 heavy (non-hydrogen) atoms. The standard InChI is InChI=1S/C20H22N2O3S/c1-2-25-17-8-10-18(11-9-17)26-13-19(23)21-15-4-3-5-16(12-15)22-20(24)14-6-7-14/h3-5,8-12,14H,2,6-7,13H2,1H3,(H,21,23)(H,22,24). The van der Waals surface area contributed by atoms with Crippen molar-refractivity contribution < 1.29 is 14.3 Å². The smallest absolute Gasteiger partial charge is 0.234 e. The van der Waals surface area contributed by atoms with Gasteiger partial charge in [0, 0.05) is 22.2 Å². The Hall–Kier alpha value is -2.47. The van der Waals surface area contributed by atoms with Gasteiger partial charge in [-0.05, 0) is 62.2 Å². The molecule has 0 saturated heterocycles. The van der Waals surface area contributed by atoms with Gasteiger partial charge in [-0.15, -0.1) is 11.8 Å². The maximum atomic E-state index is 12.2. The van der Waals surface area contributed by atoms with Crippen molar-refractivity contribution in [3.05, 3.63) is 48.5 Å². The second-order valence-corrected chi connectivity index (χ2v) is 7.13. The van der Waals surface area contributed by atoms with Crippen molar-refractivity contribution in [2.45, 2.75) is 24.7 Å². The SMILES string of the molecule is CCOc1ccc(SCC(=O)Nc2cccc(NC(=O)C3CC3)c2)cc1. The summed E-state index contributed by atoms with van der Waals surface area (Å²) >= 11 is 1.46. The molecule has 2 amide bonds. The summed E-state index contributed by atoms with van der Waals surface area (Å²) in [7, 11) is 0. The highest BCUT2D eigenvalue weighted by Crippen LogP contribution is 2.30. The molecule has 1 aliphatic carbocycles. The van der Waals surface area contributed by atoms with Crippen molar-refractivity contribution in [2.75, 3.05) is 23.0 Å². The van der Waals surface area contributed by atoms with Crippen LogP contribution >= 0.6 is 11.8 Å². The fourth-order valence-corrected chi connectivity index (χ4v) is 3.11. The molecule has 2 N–H and O–H groups in total. The summed E-state index contributed by atoms with van der Waals surface area (Å²) in [5.41, 5.74) is 1.38. The predicted molar refractivity (Wildman–Crippen MR) is 105 cm³/mol. The summed E-state index contributed by atoms with van der Waals surface area (Å²) in [5, 5.41) is 5.75. The van der Waals surface area contributed by atoms with Crippen molar-refractivity contribution >= 4 is 35.0 Å². The summed E-state index contributed by atoms with van der Waals surface area (Å²) in [5.74, 6) is 1.26. The second kappa shape index (κ2) is 8.76. The van der Waals surface area contributed by atoms with Crippen molar-refractivity contribution in [3.63, 3.8) is 0 Å². The third kappa shape index (κ3) is 5.52. The van der Waals surface area contributed by atoms with Crippen molar-refractivity contribution in [1.82, 2.24) is 0 Å². The van der Waals surface area contributed by atoms with Gasteiger partial charge in [-0.25, -0.2) is 0 Å². The zero-order chi connectivity index (χ0) is 18.4. The third-order valence-corrected chi connectivity index (χ3v) is 4.88. The van der Waals surface area contributed by atoms with Gasteiger partial charge in [0.05, 0.1) is 12.4 Å². The maximum absolute atomic E-state index is 12.2. The average Bonchev–Trinajstić information content (AvgIpc) is 3.47. The molecule has 0 unspecified atom stereocenters. The zero-order valence-corrected chi connectivity index (χ0v) is 15.5. The summed E-state index contributed by atoms with van der Waals surface area (Å²) in [4.78, 5) is 25.0. The minimum absolute atomic E-state index is 0.0551. The number of anilines is 2. The Morgan fingerprint density at radius 2 is 1.77 bits per heavy atom. The molecule has 2 aromatic carbocycles. The Morgan fingerprint density at radius 1 is 1.08 bits per heavy atom. The first-order chi connectivity index (χ1) is 12.6. The van der Waals surface area contributed by atoms with Gasteiger partial charge in [0.1, 0.15) is 5.75 Å². The molecule has 0 radical (unpaired) electrons. The third-order valence-electron chi connectivity index (χ3n) is 3.87. The van der Waals surface area contributed by atoms with E-state index in [1.165, 1.54) is 11.8 Å². The minimum atomic E-state index is -0.0884. The zero-order valence-electron chi connectivity index (χ0n) is 14.7. The van der Waals surface area contributed by atoms with E-state index >= 15 is 0 Å². The fraction of sp³-hybridized carbons (Fsp3) is 0.300. The maximum Gasteiger partial charge on any atom is 0.234 e. The molecule has 3 rings (SSSR count). The molecule has 0 heterocycles. The second-order valence-electron chi connectivity index (χ2n) is 6.09. The Morgan fingerprint density at radius 3 is 2.42 bits per heavy atom. The van der Waals surface area contributed by atoms with Gasteiger partial charge < -0.3 is 15.4 Å². The van der Waals surface area contributed by atoms with Crippen LogP contribution in [0.1, 0.15) is 19.8 Å². The molecule has 2 aromatic rings. The van der Waals surface area contributed by atoms with Crippen LogP contribution in [0.2, 0.25) is 0 Å². The van der Waals surface area contributed by atoms with Gasteiger partial charge in [0.25, 0.3) is 0 Å². The van der Waals surface area contributed by atoms with Gasteiger partial charge in [0.2, 0.25) is 11.8 Å². The molecular formula is C20H22N2O3S. The van der Waals surface area contributed by atoms with Gasteiger partial charge in [0.15, 0.2) is 0 Å². The number of nitrogens with one attached hydrogen (secondary N) is 2. The normalized spacial score (nSPS) is 13.1. The Balaban J connectivity index is 1.48. The van der Waals surface area contributed by atoms with E-state index in [0.29, 0.717) is 23.7 Å². The lowest BCUT2D eigenvalue weighted by molar-refractivity contribution is -0.117. The van der Waals surface area contributed by atoms with Crippen LogP contribution in [0, 0.1) is 5.92 Å². The molecule has 0 spiro atoms. The molecule has 0 atom stereocenters. The highest BCUT2D eigenvalue weighted by atomic mass is 32.2. The van der Waals surface area contributed by atoms with Gasteiger partial charge in [-0.3, -0.25) is 9.59 Å². The van der Waals surface area contributed by atoms with Crippen LogP contribution in [-0.2, 0) is 9.59 Å². The highest BCUT2D eigenvalue weighted by molar-refractivity contribution is 8.00. The number of benzene rings is 2. The predicted octanol–water partition coefficient (Wildman–Crippen LogP) is 4.16. The summed E-state index contributed by atoms with van der Waals surface area (Å²) < 4.78 is 5.40. The number of hydrogen-bond acceptors (Lipinski definition) is 4. The average molecular weight is 370 g/mol. The molecule has 1 fully saturated rings. The first kappa shape index (κ1) is 18.3. The first-order valence-corrected chi connectivity index (χ1v) is 9.69. The number of thioether (sulfide) groups is 1. The van der Waals surface area contributed by atoms with E-state index in [4.69, 9.17) is 4.74 Å². The lowest BCUT2D eigenvalue weighted by Crippen LogP contribution is -2.15. The van der Waals surface area contributed by atoms with Crippen LogP contribution in [0.25, 0.3) is 0 Å². The Bertz CT molecular complexity index is 773. The topological polar surface area (TPSA) is 67.4 Å². The van der Waals surface area contributed by atoms with Gasteiger partial charge in [-0.1, -0.05) is 6.07 Å². The van der Waals surface area contributed by atoms with Gasteiger partial charge >= 0.3 is 0 Å². The highest BCUT2D eigenvalue weighted by Gasteiger charge is 2.29. The summed E-state index contributed by atoms with van der Waals surface area (Å²) in [6.45, 7) is 2.58. The molecule has 0 aliphatic heterocycles. The Kier molecular flexibility index (Phi) is 6.17. The molecule has 5 nitrogen and oxygen atoms in total. The van der Waals surface area contributed by atoms with Crippen LogP contribution in [0.4, 0.5) is 11.4 Å². The van der Waals surface area contributed by atoms with E-state index in [1.54, 1.807) is 6.07 Å². The number of amides is 2. The van der Waals surface area contributed by atoms with Crippen molar-refractivity contribution in [1.29, 1.82) is 0 Å². The van der Waals surface area contributed by atoms with E-state index in [1.807, 2.05) is 49.4 Å². The summed E-state index contributed by atoms with van der Waals surface area (Å²) in [6.07, 6.45) is 1.93. The molecule has 1 aliphatic rings. The van der Waals surface area contributed by atoms with E-state index in [0.717, 1.165) is 23.5 Å². The number of carbonyl (C=O) groups is 2. The van der Waals surface area contributed by atoms with E-state index in [9.17, 15) is 9.59 Å². The largest absolute Gasteiger partial charge is 0.494 e. The quantitative estimate of drug-likeness (QED) is 0.685. The number of ether oxygens (including phenoxy) is 1. The van der Waals surface area contributed by atoms with Crippen LogP contribution < -0.4 is 15.4 Å². The monoisotopic (exact) mass is 370 g/mol. The minimum Gasteiger partial charge on any atom is -0.494 e. The van der Waals surface area contributed by atoms with E-state index < -0.39 is 0 Å². The lowest BCUT2D eigenvalue weighted by atomic mass is 10.2. The van der Waals surface area contributed by atoms with Crippen LogP contribution in [0.15, 0.2) is 53.4 Å². The van der Waals surface area contributed by atoms with Crippen LogP contribution in [-0.4, -0.2) is 24.2 Å². The summed E-state index contributed by atoms with van der Waals surface area (Å²) in [6, 6.07) is 14.9. The van der Waals surface area contributed by atoms with E-state index in [2.05, 4.69) is 10.6 Å². The molecule has 1 saturated carbocycles. The first-order valence-electron chi connectivity index (χ1n) is 8.70. The van der Waals surface area contributed by atoms with E-state index in [-0.39, 0.29) is 17.7 Å².